The van der Waals surface area contributed by atoms with Gasteiger partial charge in [-0.1, -0.05) is 6.07 Å². The van der Waals surface area contributed by atoms with E-state index in [-0.39, 0.29) is 11.4 Å². The Morgan fingerprint density at radius 1 is 1.28 bits per heavy atom. The van der Waals surface area contributed by atoms with Crippen molar-refractivity contribution >= 4 is 16.0 Å². The van der Waals surface area contributed by atoms with Crippen LogP contribution in [0.2, 0.25) is 0 Å². The average Bonchev–Trinajstić information content (AvgIpc) is 2.66. The molecule has 8 nitrogen and oxygen atoms in total. The van der Waals surface area contributed by atoms with E-state index < -0.39 is 34.2 Å². The number of aryl methyl sites for hydroxylation is 1. The minimum Gasteiger partial charge on any atom is -0.489 e. The lowest BCUT2D eigenvalue weighted by Crippen LogP contribution is -2.58. The maximum Gasteiger partial charge on any atom is 0.324 e. The van der Waals surface area contributed by atoms with Crippen molar-refractivity contribution < 1.29 is 27.8 Å². The summed E-state index contributed by atoms with van der Waals surface area (Å²) in [6.45, 7) is 5.45. The van der Waals surface area contributed by atoms with E-state index in [1.165, 1.54) is 12.1 Å². The molecule has 9 heteroatoms. The molecule has 1 N–H and O–H groups in total. The van der Waals surface area contributed by atoms with E-state index in [2.05, 4.69) is 4.98 Å². The maximum atomic E-state index is 13.1. The normalized spacial score (nSPS) is 22.9. The van der Waals surface area contributed by atoms with Gasteiger partial charge in [0.2, 0.25) is 10.0 Å². The summed E-state index contributed by atoms with van der Waals surface area (Å²) in [6, 6.07) is 8.41. The molecule has 1 aliphatic heterocycles. The zero-order chi connectivity index (χ0) is 21.2. The van der Waals surface area contributed by atoms with Gasteiger partial charge in [0.25, 0.3) is 0 Å². The van der Waals surface area contributed by atoms with Crippen molar-refractivity contribution in [2.24, 2.45) is 0 Å². The van der Waals surface area contributed by atoms with Crippen LogP contribution in [0.15, 0.2) is 47.5 Å². The molecule has 3 rings (SSSR count). The quantitative estimate of drug-likeness (QED) is 0.764. The summed E-state index contributed by atoms with van der Waals surface area (Å²) >= 11 is 0. The molecule has 0 bridgehead atoms. The van der Waals surface area contributed by atoms with Crippen molar-refractivity contribution in [3.05, 3.63) is 53.9 Å². The van der Waals surface area contributed by atoms with Gasteiger partial charge in [-0.2, -0.15) is 4.31 Å². The highest BCUT2D eigenvalue weighted by atomic mass is 32.2. The van der Waals surface area contributed by atoms with Crippen LogP contribution in [0.25, 0.3) is 0 Å². The Kier molecular flexibility index (Phi) is 6.21. The van der Waals surface area contributed by atoms with Crippen LogP contribution in [-0.4, -0.2) is 53.6 Å². The predicted octanol–water partition coefficient (Wildman–Crippen LogP) is 2.22. The number of morpholine rings is 1. The molecule has 3 atom stereocenters. The fourth-order valence-electron chi connectivity index (χ4n) is 3.33. The third-order valence-corrected chi connectivity index (χ3v) is 6.69. The number of ether oxygens (including phenoxy) is 2. The van der Waals surface area contributed by atoms with Gasteiger partial charge >= 0.3 is 5.97 Å². The summed E-state index contributed by atoms with van der Waals surface area (Å²) in [6.07, 6.45) is 0.549. The molecule has 0 aliphatic carbocycles. The average molecular weight is 420 g/mol. The number of pyridine rings is 1. The van der Waals surface area contributed by atoms with E-state index in [0.717, 1.165) is 15.6 Å². The van der Waals surface area contributed by atoms with Crippen LogP contribution in [0.1, 0.15) is 25.1 Å². The van der Waals surface area contributed by atoms with Gasteiger partial charge in [-0.25, -0.2) is 8.42 Å². The predicted molar refractivity (Wildman–Crippen MR) is 105 cm³/mol. The Morgan fingerprint density at radius 3 is 2.59 bits per heavy atom. The van der Waals surface area contributed by atoms with Gasteiger partial charge in [0, 0.05) is 24.0 Å². The van der Waals surface area contributed by atoms with Crippen LogP contribution in [0.4, 0.5) is 0 Å². The molecule has 0 spiro atoms. The highest BCUT2D eigenvalue weighted by Crippen LogP contribution is 2.27. The van der Waals surface area contributed by atoms with Gasteiger partial charge < -0.3 is 14.6 Å². The maximum absolute atomic E-state index is 13.1. The summed E-state index contributed by atoms with van der Waals surface area (Å²) < 4.78 is 38.4. The molecule has 1 aromatic carbocycles. The van der Waals surface area contributed by atoms with Crippen molar-refractivity contribution in [1.82, 2.24) is 9.29 Å². The van der Waals surface area contributed by atoms with E-state index in [4.69, 9.17) is 9.47 Å². The number of nitrogens with zero attached hydrogens (tertiary/aromatic N) is 2. The van der Waals surface area contributed by atoms with Crippen LogP contribution < -0.4 is 4.74 Å². The summed E-state index contributed by atoms with van der Waals surface area (Å²) in [5.74, 6) is -0.731. The van der Waals surface area contributed by atoms with E-state index in [1.807, 2.05) is 19.1 Å². The largest absolute Gasteiger partial charge is 0.489 e. The number of aromatic nitrogens is 1. The summed E-state index contributed by atoms with van der Waals surface area (Å²) in [5, 5.41) is 9.51. The van der Waals surface area contributed by atoms with Crippen LogP contribution in [-0.2, 0) is 26.2 Å². The van der Waals surface area contributed by atoms with Crippen molar-refractivity contribution in [2.45, 2.75) is 50.5 Å². The number of aliphatic carboxylic acids is 1. The second-order valence-corrected chi connectivity index (χ2v) is 8.91. The van der Waals surface area contributed by atoms with Gasteiger partial charge in [-0.15, -0.1) is 0 Å². The fourth-order valence-corrected chi connectivity index (χ4v) is 5.05. The van der Waals surface area contributed by atoms with Gasteiger partial charge in [0.05, 0.1) is 17.1 Å². The SMILES string of the molecule is Cc1ncccc1COc1ccc(S(=O)(=O)N2C[C@H](C)O[C@@H](C)[C@@H]2C(=O)O)cc1. The lowest BCUT2D eigenvalue weighted by molar-refractivity contribution is -0.155. The zero-order valence-corrected chi connectivity index (χ0v) is 17.3. The van der Waals surface area contributed by atoms with E-state index >= 15 is 0 Å². The van der Waals surface area contributed by atoms with Crippen molar-refractivity contribution in [3.63, 3.8) is 0 Å². The molecule has 2 heterocycles. The number of carboxylic acid groups (broad SMARTS) is 1. The molecule has 0 unspecified atom stereocenters. The molecule has 1 fully saturated rings. The standard InChI is InChI=1S/C20H24N2O6S/c1-13-11-22(19(20(23)24)15(3)28-13)29(25,26)18-8-6-17(7-9-18)27-12-16-5-4-10-21-14(16)2/h4-10,13,15,19H,11-12H2,1-3H3,(H,23,24)/t13-,15-,19+/m0/s1. The van der Waals surface area contributed by atoms with Crippen LogP contribution in [0.3, 0.4) is 0 Å². The first kappa shape index (κ1) is 21.2. The molecular formula is C20H24N2O6S. The van der Waals surface area contributed by atoms with Crippen LogP contribution in [0.5, 0.6) is 5.75 Å². The van der Waals surface area contributed by atoms with Crippen molar-refractivity contribution in [3.8, 4) is 5.75 Å². The number of benzene rings is 1. The number of sulfonamides is 1. The summed E-state index contributed by atoms with van der Waals surface area (Å²) in [5.41, 5.74) is 1.80. The van der Waals surface area contributed by atoms with E-state index in [1.54, 1.807) is 32.2 Å². The molecular weight excluding hydrogens is 396 g/mol. The molecule has 1 aliphatic rings. The highest BCUT2D eigenvalue weighted by molar-refractivity contribution is 7.89. The Morgan fingerprint density at radius 2 is 1.97 bits per heavy atom. The third kappa shape index (κ3) is 4.58. The number of rotatable bonds is 6. The molecule has 1 aromatic heterocycles. The molecule has 156 valence electrons. The van der Waals surface area contributed by atoms with E-state index in [9.17, 15) is 18.3 Å². The number of hydrogen-bond donors (Lipinski definition) is 1. The van der Waals surface area contributed by atoms with Gasteiger partial charge in [-0.3, -0.25) is 9.78 Å². The monoisotopic (exact) mass is 420 g/mol. The fraction of sp³-hybridized carbons (Fsp3) is 0.400. The molecule has 2 aromatic rings. The number of carboxylic acids is 1. The number of carbonyl (C=O) groups is 1. The Bertz CT molecular complexity index is 977. The lowest BCUT2D eigenvalue weighted by atomic mass is 10.1. The number of hydrogen-bond acceptors (Lipinski definition) is 6. The molecule has 0 saturated carbocycles. The summed E-state index contributed by atoms with van der Waals surface area (Å²) in [7, 11) is -4.01. The second kappa shape index (κ2) is 8.48. The Balaban J connectivity index is 1.78. The first-order valence-corrected chi connectivity index (χ1v) is 10.7. The van der Waals surface area contributed by atoms with Crippen LogP contribution >= 0.6 is 0 Å². The minimum atomic E-state index is -4.01. The zero-order valence-electron chi connectivity index (χ0n) is 16.5. The second-order valence-electron chi connectivity index (χ2n) is 7.02. The molecule has 0 amide bonds. The topological polar surface area (TPSA) is 106 Å². The Hall–Kier alpha value is -2.49. The van der Waals surface area contributed by atoms with Crippen molar-refractivity contribution in [2.75, 3.05) is 6.54 Å². The smallest absolute Gasteiger partial charge is 0.324 e. The van der Waals surface area contributed by atoms with Gasteiger partial charge in [0.1, 0.15) is 18.4 Å². The van der Waals surface area contributed by atoms with Crippen LogP contribution in [0, 0.1) is 6.92 Å². The third-order valence-electron chi connectivity index (χ3n) is 4.83. The molecule has 29 heavy (non-hydrogen) atoms. The van der Waals surface area contributed by atoms with Gasteiger partial charge in [-0.05, 0) is 51.1 Å². The van der Waals surface area contributed by atoms with E-state index in [0.29, 0.717) is 12.4 Å². The van der Waals surface area contributed by atoms with Gasteiger partial charge in [0.15, 0.2) is 0 Å². The lowest BCUT2D eigenvalue weighted by Gasteiger charge is -2.39. The first-order valence-electron chi connectivity index (χ1n) is 9.23. The molecule has 0 radical (unpaired) electrons. The van der Waals surface area contributed by atoms with Crippen molar-refractivity contribution in [1.29, 1.82) is 0 Å². The highest BCUT2D eigenvalue weighted by Gasteiger charge is 2.44. The first-order chi connectivity index (χ1) is 13.7. The summed E-state index contributed by atoms with van der Waals surface area (Å²) in [4.78, 5) is 15.9. The molecule has 1 saturated heterocycles. The minimum absolute atomic E-state index is 0.00922. The Labute approximate surface area is 170 Å².